The molecule has 0 bridgehead atoms. The van der Waals surface area contributed by atoms with Crippen molar-refractivity contribution >= 4 is 41.3 Å². The van der Waals surface area contributed by atoms with E-state index in [0.717, 1.165) is 18.7 Å². The van der Waals surface area contributed by atoms with Crippen LogP contribution >= 0.6 is 24.0 Å². The Morgan fingerprint density at radius 1 is 1.21 bits per heavy atom. The van der Waals surface area contributed by atoms with Crippen molar-refractivity contribution in [2.45, 2.75) is 26.3 Å². The van der Waals surface area contributed by atoms with Crippen LogP contribution in [0.5, 0.6) is 0 Å². The highest BCUT2D eigenvalue weighted by Crippen LogP contribution is 2.31. The van der Waals surface area contributed by atoms with E-state index in [2.05, 4.69) is 65.5 Å². The standard InChI is InChI=1S/C19H24N4.HI/c1-14-7-9-17(10-8-14)22-19(20)21-11-12-23-15(2)13-16-5-3-4-6-18(16)23;/h3-10,15H,11-13H2,1-2H3,(H3,20,21,22);1H. The molecule has 1 heterocycles. The highest BCUT2D eigenvalue weighted by atomic mass is 127. The summed E-state index contributed by atoms with van der Waals surface area (Å²) in [6, 6.07) is 17.3. The lowest BCUT2D eigenvalue weighted by Crippen LogP contribution is -2.32. The number of aryl methyl sites for hydroxylation is 1. The van der Waals surface area contributed by atoms with Gasteiger partial charge in [0.2, 0.25) is 0 Å². The van der Waals surface area contributed by atoms with Crippen molar-refractivity contribution in [3.05, 3.63) is 59.7 Å². The molecule has 0 aromatic heterocycles. The quantitative estimate of drug-likeness (QED) is 0.436. The zero-order valence-corrected chi connectivity index (χ0v) is 16.5. The highest BCUT2D eigenvalue weighted by Gasteiger charge is 2.24. The minimum absolute atomic E-state index is 0. The fourth-order valence-electron chi connectivity index (χ4n) is 3.07. The number of fused-ring (bicyclic) bond motifs is 1. The van der Waals surface area contributed by atoms with Gasteiger partial charge in [0.25, 0.3) is 0 Å². The summed E-state index contributed by atoms with van der Waals surface area (Å²) in [4.78, 5) is 6.87. The van der Waals surface area contributed by atoms with Gasteiger partial charge in [0.1, 0.15) is 0 Å². The molecular weight excluding hydrogens is 411 g/mol. The van der Waals surface area contributed by atoms with Gasteiger partial charge in [-0.2, -0.15) is 0 Å². The minimum Gasteiger partial charge on any atom is -0.370 e. The van der Waals surface area contributed by atoms with Crippen molar-refractivity contribution in [2.24, 2.45) is 10.7 Å². The molecular formula is C19H25IN4. The van der Waals surface area contributed by atoms with Crippen LogP contribution in [0.1, 0.15) is 18.1 Å². The Morgan fingerprint density at radius 3 is 2.67 bits per heavy atom. The molecule has 2 aromatic rings. The third-order valence-corrected chi connectivity index (χ3v) is 4.30. The molecule has 3 N–H and O–H groups in total. The summed E-state index contributed by atoms with van der Waals surface area (Å²) in [5.74, 6) is 0.467. The third-order valence-electron chi connectivity index (χ3n) is 4.30. The van der Waals surface area contributed by atoms with Gasteiger partial charge in [-0.05, 0) is 44.0 Å². The lowest BCUT2D eigenvalue weighted by Gasteiger charge is -2.24. The number of para-hydroxylation sites is 1. The molecule has 5 heteroatoms. The molecule has 0 radical (unpaired) electrons. The Balaban J connectivity index is 0.00000208. The average Bonchev–Trinajstić information content (AvgIpc) is 2.86. The van der Waals surface area contributed by atoms with Crippen LogP contribution in [0.4, 0.5) is 11.4 Å². The number of nitrogens with one attached hydrogen (secondary N) is 1. The van der Waals surface area contributed by atoms with Crippen molar-refractivity contribution in [2.75, 3.05) is 23.3 Å². The van der Waals surface area contributed by atoms with Crippen LogP contribution in [0.3, 0.4) is 0 Å². The number of anilines is 2. The maximum Gasteiger partial charge on any atom is 0.193 e. The van der Waals surface area contributed by atoms with Crippen molar-refractivity contribution in [3.8, 4) is 0 Å². The van der Waals surface area contributed by atoms with Gasteiger partial charge < -0.3 is 16.0 Å². The van der Waals surface area contributed by atoms with E-state index in [1.807, 2.05) is 12.1 Å². The molecule has 1 unspecified atom stereocenters. The first-order chi connectivity index (χ1) is 11.1. The number of aliphatic imine (C=N–C) groups is 1. The molecule has 2 aromatic carbocycles. The number of guanidine groups is 1. The number of rotatable bonds is 4. The maximum absolute atomic E-state index is 5.98. The molecule has 0 amide bonds. The Morgan fingerprint density at radius 2 is 1.92 bits per heavy atom. The average molecular weight is 436 g/mol. The summed E-state index contributed by atoms with van der Waals surface area (Å²) in [5.41, 5.74) is 10.9. The fraction of sp³-hybridized carbons (Fsp3) is 0.316. The van der Waals surface area contributed by atoms with Crippen LogP contribution in [0.15, 0.2) is 53.5 Å². The van der Waals surface area contributed by atoms with E-state index in [9.17, 15) is 0 Å². The molecule has 0 saturated carbocycles. The SMILES string of the molecule is Cc1ccc(NC(N)=NCCN2c3ccccc3CC2C)cc1.I. The van der Waals surface area contributed by atoms with Crippen LogP contribution in [-0.4, -0.2) is 25.1 Å². The number of benzene rings is 2. The summed E-state index contributed by atoms with van der Waals surface area (Å²) >= 11 is 0. The number of halogens is 1. The summed E-state index contributed by atoms with van der Waals surface area (Å²) in [5, 5.41) is 3.13. The Kier molecular flexibility index (Phi) is 6.48. The first-order valence-corrected chi connectivity index (χ1v) is 8.11. The Labute approximate surface area is 161 Å². The Hall–Kier alpha value is -1.76. The van der Waals surface area contributed by atoms with E-state index < -0.39 is 0 Å². The first-order valence-electron chi connectivity index (χ1n) is 8.11. The van der Waals surface area contributed by atoms with E-state index in [0.29, 0.717) is 18.5 Å². The zero-order chi connectivity index (χ0) is 16.2. The number of nitrogens with two attached hydrogens (primary N) is 1. The van der Waals surface area contributed by atoms with Crippen LogP contribution in [0.2, 0.25) is 0 Å². The van der Waals surface area contributed by atoms with Crippen LogP contribution in [0.25, 0.3) is 0 Å². The normalized spacial score (nSPS) is 16.5. The van der Waals surface area contributed by atoms with Crippen LogP contribution in [-0.2, 0) is 6.42 Å². The molecule has 0 aliphatic carbocycles. The van der Waals surface area contributed by atoms with Gasteiger partial charge in [-0.1, -0.05) is 35.9 Å². The molecule has 1 aliphatic rings. The topological polar surface area (TPSA) is 53.6 Å². The van der Waals surface area contributed by atoms with Gasteiger partial charge in [0, 0.05) is 24.0 Å². The molecule has 1 atom stereocenters. The van der Waals surface area contributed by atoms with E-state index in [-0.39, 0.29) is 24.0 Å². The second-order valence-corrected chi connectivity index (χ2v) is 6.13. The monoisotopic (exact) mass is 436 g/mol. The number of nitrogens with zero attached hydrogens (tertiary/aromatic N) is 2. The van der Waals surface area contributed by atoms with E-state index in [1.165, 1.54) is 16.8 Å². The van der Waals surface area contributed by atoms with Gasteiger partial charge in [-0.15, -0.1) is 24.0 Å². The number of hydrogen-bond acceptors (Lipinski definition) is 2. The van der Waals surface area contributed by atoms with Crippen LogP contribution in [0, 0.1) is 6.92 Å². The molecule has 4 nitrogen and oxygen atoms in total. The zero-order valence-electron chi connectivity index (χ0n) is 14.2. The predicted octanol–water partition coefficient (Wildman–Crippen LogP) is 3.79. The molecule has 128 valence electrons. The molecule has 0 spiro atoms. The minimum atomic E-state index is 0. The summed E-state index contributed by atoms with van der Waals surface area (Å²) in [7, 11) is 0. The van der Waals surface area contributed by atoms with Gasteiger partial charge >= 0.3 is 0 Å². The van der Waals surface area contributed by atoms with E-state index in [4.69, 9.17) is 5.73 Å². The van der Waals surface area contributed by atoms with Gasteiger partial charge in [0.15, 0.2) is 5.96 Å². The lowest BCUT2D eigenvalue weighted by atomic mass is 10.1. The molecule has 1 aliphatic heterocycles. The summed E-state index contributed by atoms with van der Waals surface area (Å²) in [6.45, 7) is 5.89. The van der Waals surface area contributed by atoms with Crippen molar-refractivity contribution in [1.29, 1.82) is 0 Å². The first kappa shape index (κ1) is 18.6. The predicted molar refractivity (Wildman–Crippen MR) is 114 cm³/mol. The van der Waals surface area contributed by atoms with Crippen molar-refractivity contribution in [1.82, 2.24) is 0 Å². The third kappa shape index (κ3) is 4.41. The van der Waals surface area contributed by atoms with Crippen molar-refractivity contribution in [3.63, 3.8) is 0 Å². The fourth-order valence-corrected chi connectivity index (χ4v) is 3.07. The molecule has 0 saturated heterocycles. The summed E-state index contributed by atoms with van der Waals surface area (Å²) in [6.07, 6.45) is 1.11. The summed E-state index contributed by atoms with van der Waals surface area (Å²) < 4.78 is 0. The second kappa shape index (κ2) is 8.37. The second-order valence-electron chi connectivity index (χ2n) is 6.13. The molecule has 24 heavy (non-hydrogen) atoms. The van der Waals surface area contributed by atoms with Crippen molar-refractivity contribution < 1.29 is 0 Å². The van der Waals surface area contributed by atoms with Gasteiger partial charge in [0.05, 0.1) is 6.54 Å². The maximum atomic E-state index is 5.98. The van der Waals surface area contributed by atoms with Gasteiger partial charge in [-0.3, -0.25) is 4.99 Å². The molecule has 3 rings (SSSR count). The largest absolute Gasteiger partial charge is 0.370 e. The number of hydrogen-bond donors (Lipinski definition) is 2. The van der Waals surface area contributed by atoms with E-state index >= 15 is 0 Å². The van der Waals surface area contributed by atoms with E-state index in [1.54, 1.807) is 0 Å². The van der Waals surface area contributed by atoms with Gasteiger partial charge in [-0.25, -0.2) is 0 Å². The Bertz CT molecular complexity index is 697. The van der Waals surface area contributed by atoms with Crippen LogP contribution < -0.4 is 16.0 Å². The smallest absolute Gasteiger partial charge is 0.193 e. The lowest BCUT2D eigenvalue weighted by molar-refractivity contribution is 0.674. The highest BCUT2D eigenvalue weighted by molar-refractivity contribution is 14.0. The molecule has 0 fully saturated rings.